The third-order valence-electron chi connectivity index (χ3n) is 13.8. The molecule has 0 aliphatic carbocycles. The highest BCUT2D eigenvalue weighted by Crippen LogP contribution is 2.44. The fraction of sp³-hybridized carbons (Fsp3) is 0.0820. The van der Waals surface area contributed by atoms with Gasteiger partial charge < -0.3 is 9.13 Å². The van der Waals surface area contributed by atoms with E-state index in [1.807, 2.05) is 0 Å². The van der Waals surface area contributed by atoms with Crippen LogP contribution in [0.4, 0.5) is 0 Å². The number of hydrogen-bond acceptors (Lipinski definition) is 0. The van der Waals surface area contributed by atoms with E-state index in [4.69, 9.17) is 0 Å². The average Bonchev–Trinajstić information content (AvgIpc) is 3.85. The van der Waals surface area contributed by atoms with Gasteiger partial charge in [-0.2, -0.15) is 0 Å². The quantitative estimate of drug-likeness (QED) is 0.142. The number of rotatable bonds is 7. The summed E-state index contributed by atoms with van der Waals surface area (Å²) in [5.41, 5.74) is 16.0. The zero-order chi connectivity index (χ0) is 42.2. The van der Waals surface area contributed by atoms with Gasteiger partial charge in [-0.3, -0.25) is 0 Å². The lowest BCUT2D eigenvalue weighted by atomic mass is 9.86. The Morgan fingerprint density at radius 1 is 0.286 bits per heavy atom. The lowest BCUT2D eigenvalue weighted by molar-refractivity contribution is 0.535. The molecule has 10 aromatic carbocycles. The smallest absolute Gasteiger partial charge is 0.0541 e. The van der Waals surface area contributed by atoms with Crippen LogP contribution in [0.5, 0.6) is 0 Å². The molecule has 0 amide bonds. The summed E-state index contributed by atoms with van der Waals surface area (Å²) < 4.78 is 4.85. The van der Waals surface area contributed by atoms with E-state index < -0.39 is 0 Å². The van der Waals surface area contributed by atoms with Crippen molar-refractivity contribution in [1.29, 1.82) is 0 Å². The summed E-state index contributed by atoms with van der Waals surface area (Å²) in [5.74, 6) is 1.12. The maximum absolute atomic E-state index is 2.43. The van der Waals surface area contributed by atoms with Crippen LogP contribution in [0, 0.1) is 5.92 Å². The van der Waals surface area contributed by atoms with Crippen LogP contribution in [0.15, 0.2) is 212 Å². The van der Waals surface area contributed by atoms with Crippen molar-refractivity contribution < 1.29 is 0 Å². The molecule has 1 atom stereocenters. The van der Waals surface area contributed by atoms with Gasteiger partial charge in [0.25, 0.3) is 0 Å². The van der Waals surface area contributed by atoms with E-state index in [-0.39, 0.29) is 0 Å². The Morgan fingerprint density at radius 3 is 1.08 bits per heavy atom. The summed E-state index contributed by atoms with van der Waals surface area (Å²) in [4.78, 5) is 0. The lowest BCUT2D eigenvalue weighted by Crippen LogP contribution is -2.02. The van der Waals surface area contributed by atoms with E-state index in [1.54, 1.807) is 0 Å². The van der Waals surface area contributed by atoms with Gasteiger partial charge in [0.15, 0.2) is 0 Å². The summed E-state index contributed by atoms with van der Waals surface area (Å²) in [5, 5.41) is 10.1. The van der Waals surface area contributed by atoms with Crippen LogP contribution < -0.4 is 0 Å². The van der Waals surface area contributed by atoms with Gasteiger partial charge in [-0.15, -0.1) is 0 Å². The van der Waals surface area contributed by atoms with Crippen molar-refractivity contribution in [2.45, 2.75) is 26.7 Å². The second-order valence-corrected chi connectivity index (χ2v) is 17.5. The summed E-state index contributed by atoms with van der Waals surface area (Å²) in [6, 6.07) is 78.7. The predicted octanol–water partition coefficient (Wildman–Crippen LogP) is 16.9. The first-order chi connectivity index (χ1) is 31.0. The fourth-order valence-corrected chi connectivity index (χ4v) is 10.3. The first-order valence-electron chi connectivity index (χ1n) is 22.3. The lowest BCUT2D eigenvalue weighted by Gasteiger charge is -2.18. The number of nitrogens with zero attached hydrogens (tertiary/aromatic N) is 2. The molecule has 2 aromatic heterocycles. The van der Waals surface area contributed by atoms with Crippen molar-refractivity contribution in [2.75, 3.05) is 0 Å². The van der Waals surface area contributed by atoms with Crippen LogP contribution >= 0.6 is 0 Å². The van der Waals surface area contributed by atoms with Gasteiger partial charge in [-0.1, -0.05) is 172 Å². The Kier molecular flexibility index (Phi) is 8.69. The Bertz CT molecular complexity index is 3640. The summed E-state index contributed by atoms with van der Waals surface area (Å²) >= 11 is 0. The van der Waals surface area contributed by atoms with Gasteiger partial charge in [0.1, 0.15) is 0 Å². The van der Waals surface area contributed by atoms with Gasteiger partial charge in [0, 0.05) is 32.9 Å². The first-order valence-corrected chi connectivity index (χ1v) is 22.3. The van der Waals surface area contributed by atoms with E-state index in [9.17, 15) is 0 Å². The second-order valence-electron chi connectivity index (χ2n) is 17.5. The molecule has 0 aliphatic heterocycles. The number of aromatic nitrogens is 2. The number of benzene rings is 10. The highest BCUT2D eigenvalue weighted by molar-refractivity contribution is 6.21. The zero-order valence-corrected chi connectivity index (χ0v) is 35.8. The van der Waals surface area contributed by atoms with E-state index in [0.29, 0.717) is 11.8 Å². The van der Waals surface area contributed by atoms with Gasteiger partial charge >= 0.3 is 0 Å². The van der Waals surface area contributed by atoms with E-state index >= 15 is 0 Å². The topological polar surface area (TPSA) is 9.86 Å². The molecule has 0 bridgehead atoms. The molecule has 0 spiro atoms. The van der Waals surface area contributed by atoms with Crippen molar-refractivity contribution in [3.8, 4) is 44.8 Å². The summed E-state index contributed by atoms with van der Waals surface area (Å²) in [6.45, 7) is 6.92. The highest BCUT2D eigenvalue weighted by atomic mass is 15.0. The zero-order valence-electron chi connectivity index (χ0n) is 35.8. The molecule has 63 heavy (non-hydrogen) atoms. The fourth-order valence-electron chi connectivity index (χ4n) is 10.3. The molecule has 2 nitrogen and oxygen atoms in total. The van der Waals surface area contributed by atoms with Gasteiger partial charge in [0.2, 0.25) is 0 Å². The minimum absolute atomic E-state index is 0.517. The average molecular weight is 807 g/mol. The van der Waals surface area contributed by atoms with Crippen molar-refractivity contribution in [1.82, 2.24) is 9.13 Å². The Labute approximate surface area is 367 Å². The van der Waals surface area contributed by atoms with Crippen molar-refractivity contribution in [2.24, 2.45) is 5.92 Å². The normalized spacial score (nSPS) is 12.4. The molecular weight excluding hydrogens is 761 g/mol. The van der Waals surface area contributed by atoms with Gasteiger partial charge in [0.05, 0.1) is 22.1 Å². The van der Waals surface area contributed by atoms with E-state index in [0.717, 1.165) is 5.69 Å². The minimum Gasteiger partial charge on any atom is -0.309 e. The molecule has 2 heteroatoms. The molecular formula is C61H46N2. The molecule has 0 N–H and O–H groups in total. The van der Waals surface area contributed by atoms with Crippen LogP contribution in [0.1, 0.15) is 32.3 Å². The molecule has 12 rings (SSSR count). The number of fused-ring (bicyclic) bond motifs is 8. The summed E-state index contributed by atoms with van der Waals surface area (Å²) in [6.07, 6.45) is 0. The largest absolute Gasteiger partial charge is 0.309 e. The third kappa shape index (κ3) is 5.93. The molecule has 1 unspecified atom stereocenters. The van der Waals surface area contributed by atoms with Gasteiger partial charge in [-0.05, 0) is 133 Å². The Hall–Kier alpha value is -7.68. The minimum atomic E-state index is 0.517. The predicted molar refractivity (Wildman–Crippen MR) is 270 cm³/mol. The monoisotopic (exact) mass is 806 g/mol. The van der Waals surface area contributed by atoms with Crippen molar-refractivity contribution >= 4 is 65.2 Å². The van der Waals surface area contributed by atoms with E-state index in [2.05, 4.69) is 242 Å². The number of hydrogen-bond donors (Lipinski definition) is 0. The second kappa shape index (κ2) is 14.8. The van der Waals surface area contributed by atoms with Crippen molar-refractivity contribution in [3.63, 3.8) is 0 Å². The Morgan fingerprint density at radius 2 is 0.635 bits per heavy atom. The molecule has 0 saturated heterocycles. The molecule has 0 radical (unpaired) electrons. The Balaban J connectivity index is 0.960. The molecule has 0 aliphatic rings. The van der Waals surface area contributed by atoms with Crippen LogP contribution in [-0.2, 0) is 0 Å². The van der Waals surface area contributed by atoms with Crippen LogP contribution in [0.25, 0.3) is 110 Å². The SMILES string of the molecule is CC(C)C(C)c1ccc(-n2c3ccccc3c3cc(-c4ccc5c(c4)c4ccccc4n5-c4ccc(-c5c6ccccc6c(-c6ccccc6)c6ccccc56)cc4)ccc32)cc1. The first kappa shape index (κ1) is 37.1. The van der Waals surface area contributed by atoms with Crippen molar-refractivity contribution in [3.05, 3.63) is 218 Å². The maximum atomic E-state index is 2.43. The van der Waals surface area contributed by atoms with E-state index in [1.165, 1.54) is 110 Å². The molecule has 2 heterocycles. The van der Waals surface area contributed by atoms with Crippen LogP contribution in [0.2, 0.25) is 0 Å². The van der Waals surface area contributed by atoms with Crippen LogP contribution in [-0.4, -0.2) is 9.13 Å². The molecule has 0 fully saturated rings. The molecule has 300 valence electrons. The highest BCUT2D eigenvalue weighted by Gasteiger charge is 2.19. The maximum Gasteiger partial charge on any atom is 0.0541 e. The van der Waals surface area contributed by atoms with Crippen LogP contribution in [0.3, 0.4) is 0 Å². The molecule has 12 aromatic rings. The molecule has 0 saturated carbocycles. The third-order valence-corrected chi connectivity index (χ3v) is 13.8. The number of para-hydroxylation sites is 2. The summed E-state index contributed by atoms with van der Waals surface area (Å²) in [7, 11) is 0. The standard InChI is InChI=1S/C61H46N2/c1-39(2)40(3)41-25-31-46(32-26-41)62-56-23-13-11-17-48(56)54-37-44(29-35-58(54)62)45-30-36-59-55(38-45)49-18-12-14-24-57(49)63(59)47-33-27-43(28-34-47)61-52-21-9-7-19-50(52)60(42-15-5-4-6-16-42)51-20-8-10-22-53(51)61/h4-40H,1-3H3. The van der Waals surface area contributed by atoms with Gasteiger partial charge in [-0.25, -0.2) is 0 Å².